The maximum absolute atomic E-state index is 13.5. The van der Waals surface area contributed by atoms with E-state index >= 15 is 0 Å². The summed E-state index contributed by atoms with van der Waals surface area (Å²) in [4.78, 5) is 34.1. The predicted octanol–water partition coefficient (Wildman–Crippen LogP) is 5.66. The Morgan fingerprint density at radius 2 is 0.985 bits per heavy atom. The summed E-state index contributed by atoms with van der Waals surface area (Å²) in [6.07, 6.45) is -5.08. The molecule has 0 atom stereocenters. The maximum atomic E-state index is 13.5. The van der Waals surface area contributed by atoms with Crippen LogP contribution < -0.4 is 11.5 Å². The number of benzene rings is 1. The van der Waals surface area contributed by atoms with Crippen LogP contribution in [-0.4, -0.2) is 96.9 Å². The van der Waals surface area contributed by atoms with Gasteiger partial charge in [-0.25, -0.2) is 56.7 Å². The quantitative estimate of drug-likeness (QED) is 0.157. The van der Waals surface area contributed by atoms with Crippen molar-refractivity contribution in [3.63, 3.8) is 0 Å². The molecule has 9 aromatic rings. The first-order valence-corrected chi connectivity index (χ1v) is 23.1. The average molecular weight is 979 g/mol. The van der Waals surface area contributed by atoms with Crippen molar-refractivity contribution in [1.82, 2.24) is 68.6 Å². The van der Waals surface area contributed by atoms with E-state index in [4.69, 9.17) is 11.5 Å². The van der Waals surface area contributed by atoms with Gasteiger partial charge >= 0.3 is 12.4 Å². The Bertz CT molecular complexity index is 3730. The molecule has 28 heteroatoms. The molecule has 0 bridgehead atoms. The number of aryl methyl sites for hydroxylation is 2. The van der Waals surface area contributed by atoms with Crippen LogP contribution >= 0.6 is 0 Å². The first kappa shape index (κ1) is 45.3. The number of hydrogen-bond donors (Lipinski definition) is 2. The summed E-state index contributed by atoms with van der Waals surface area (Å²) in [5.41, 5.74) is 12.0. The van der Waals surface area contributed by atoms with Gasteiger partial charge in [-0.3, -0.25) is 0 Å². The SMILES string of the molecule is CCS(=O)(=O)c1cnc(-n2nc(-c3cc(N)n(-c4ncc(S(=O)(=O)CC)c(-c5nc6cc(C(F)(F)F)cnc6n5C)n4)n3)cc2N)nc1-c1nc2cc(-c3ccc(C(F)(F)F)cc3)cnc2n1C. The fraction of sp³-hybridized carbons (Fsp3) is 0.200. The molecule has 0 amide bonds. The van der Waals surface area contributed by atoms with E-state index in [9.17, 15) is 43.2 Å². The zero-order valence-corrected chi connectivity index (χ0v) is 37.1. The van der Waals surface area contributed by atoms with Gasteiger partial charge in [-0.1, -0.05) is 26.0 Å². The highest BCUT2D eigenvalue weighted by Gasteiger charge is 2.34. The van der Waals surface area contributed by atoms with Crippen molar-refractivity contribution >= 4 is 53.6 Å². The van der Waals surface area contributed by atoms with E-state index in [-0.39, 0.29) is 95.9 Å². The fourth-order valence-electron chi connectivity index (χ4n) is 7.12. The van der Waals surface area contributed by atoms with E-state index < -0.39 is 43.2 Å². The van der Waals surface area contributed by atoms with Gasteiger partial charge in [0.15, 0.2) is 42.6 Å². The van der Waals surface area contributed by atoms with E-state index in [0.29, 0.717) is 23.0 Å². The molecule has 0 aliphatic heterocycles. The van der Waals surface area contributed by atoms with Crippen LogP contribution in [0.25, 0.3) is 79.8 Å². The van der Waals surface area contributed by atoms with Gasteiger partial charge in [0.05, 0.1) is 35.0 Å². The molecule has 0 aliphatic rings. The number of imidazole rings is 2. The molecule has 20 nitrogen and oxygen atoms in total. The van der Waals surface area contributed by atoms with Crippen LogP contribution in [0, 0.1) is 0 Å². The second-order valence-corrected chi connectivity index (χ2v) is 19.5. The Morgan fingerprint density at radius 1 is 0.544 bits per heavy atom. The van der Waals surface area contributed by atoms with Crippen molar-refractivity contribution in [3.8, 4) is 57.4 Å². The number of pyridine rings is 2. The van der Waals surface area contributed by atoms with Crippen LogP contribution in [0.15, 0.2) is 83.1 Å². The monoisotopic (exact) mass is 978 g/mol. The number of halogens is 6. The van der Waals surface area contributed by atoms with E-state index in [0.717, 1.165) is 40.0 Å². The lowest BCUT2D eigenvalue weighted by molar-refractivity contribution is -0.138. The summed E-state index contributed by atoms with van der Waals surface area (Å²) >= 11 is 0. The zero-order valence-electron chi connectivity index (χ0n) is 35.5. The zero-order chi connectivity index (χ0) is 48.8. The van der Waals surface area contributed by atoms with Crippen molar-refractivity contribution in [1.29, 1.82) is 0 Å². The Labute approximate surface area is 379 Å². The standard InChI is InChI=1S/C40H32F6N16O4S2/c1-5-67(63,64)27-17-51-37(55-31(27)35-53-25-11-20(15-49-33(25)59(35)3)19-7-9-21(10-8-19)39(41,42)43)61-29(47)13-23(57-61)24-14-30(48)62(58-24)38-52-18-28(68(65,66)6-2)32(56-38)36-54-26-12-22(40(44,45)46)16-50-34(26)60(36)4/h7-18H,5-6,47-48H2,1-4H3. The maximum Gasteiger partial charge on any atom is 0.417 e. The molecule has 0 unspecified atom stereocenters. The normalized spacial score (nSPS) is 12.7. The molecule has 1 aromatic carbocycles. The molecule has 0 spiro atoms. The largest absolute Gasteiger partial charge is 0.417 e. The smallest absolute Gasteiger partial charge is 0.383 e. The Balaban J connectivity index is 1.10. The molecule has 350 valence electrons. The van der Waals surface area contributed by atoms with Crippen LogP contribution in [0.4, 0.5) is 38.0 Å². The molecule has 4 N–H and O–H groups in total. The Hall–Kier alpha value is -7.88. The lowest BCUT2D eigenvalue weighted by atomic mass is 10.1. The number of rotatable bonds is 10. The lowest BCUT2D eigenvalue weighted by Crippen LogP contribution is -2.14. The molecule has 8 aromatic heterocycles. The van der Waals surface area contributed by atoms with Gasteiger partial charge in [-0.05, 0) is 29.8 Å². The minimum Gasteiger partial charge on any atom is -0.383 e. The highest BCUT2D eigenvalue weighted by atomic mass is 32.2. The molecule has 8 heterocycles. The van der Waals surface area contributed by atoms with Crippen molar-refractivity contribution in [3.05, 3.63) is 84.4 Å². The Morgan fingerprint density at radius 3 is 1.43 bits per heavy atom. The average Bonchev–Trinajstić information content (AvgIpc) is 4.07. The minimum absolute atomic E-state index is 0.0126. The molecule has 9 rings (SSSR count). The van der Waals surface area contributed by atoms with Gasteiger partial charge in [-0.15, -0.1) is 0 Å². The molecule has 0 radical (unpaired) electrons. The molecule has 0 saturated carbocycles. The number of nitrogens with two attached hydrogens (primary N) is 2. The number of hydrogen-bond acceptors (Lipinski definition) is 16. The van der Waals surface area contributed by atoms with Crippen LogP contribution in [0.2, 0.25) is 0 Å². The van der Waals surface area contributed by atoms with Gasteiger partial charge in [0.25, 0.3) is 11.9 Å². The summed E-state index contributed by atoms with van der Waals surface area (Å²) in [6.45, 7) is 2.82. The van der Waals surface area contributed by atoms with E-state index in [1.54, 1.807) is 13.1 Å². The Kier molecular flexibility index (Phi) is 10.6. The summed E-state index contributed by atoms with van der Waals surface area (Å²) in [6, 6.07) is 9.62. The van der Waals surface area contributed by atoms with Gasteiger partial charge in [0.2, 0.25) is 0 Å². The molecule has 0 saturated heterocycles. The first-order chi connectivity index (χ1) is 32.0. The fourth-order valence-corrected chi connectivity index (χ4v) is 9.03. The predicted molar refractivity (Wildman–Crippen MR) is 232 cm³/mol. The number of nitrogen functional groups attached to an aromatic ring is 2. The number of nitrogens with zero attached hydrogens (tertiary/aromatic N) is 14. The second-order valence-electron chi connectivity index (χ2n) is 15.0. The number of anilines is 2. The summed E-state index contributed by atoms with van der Waals surface area (Å²) in [5, 5.41) is 9.00. The van der Waals surface area contributed by atoms with Gasteiger partial charge in [0.1, 0.15) is 55.2 Å². The minimum atomic E-state index is -4.72. The van der Waals surface area contributed by atoms with Crippen LogP contribution in [-0.2, 0) is 46.1 Å². The number of aromatic nitrogens is 14. The molecule has 0 aliphatic carbocycles. The van der Waals surface area contributed by atoms with Crippen molar-refractivity contribution in [2.45, 2.75) is 36.0 Å². The van der Waals surface area contributed by atoms with Crippen molar-refractivity contribution < 1.29 is 43.2 Å². The van der Waals surface area contributed by atoms with Crippen molar-refractivity contribution in [2.24, 2.45) is 14.1 Å². The van der Waals surface area contributed by atoms with E-state index in [2.05, 4.69) is 50.1 Å². The third-order valence-corrected chi connectivity index (χ3v) is 14.2. The summed E-state index contributed by atoms with van der Waals surface area (Å²) in [5.74, 6) is -1.39. The summed E-state index contributed by atoms with van der Waals surface area (Å²) in [7, 11) is -5.04. The molecular formula is C40H32F6N16O4S2. The molecule has 68 heavy (non-hydrogen) atoms. The van der Waals surface area contributed by atoms with E-state index in [1.807, 2.05) is 0 Å². The molecular weight excluding hydrogens is 947 g/mol. The highest BCUT2D eigenvalue weighted by molar-refractivity contribution is 7.91. The van der Waals surface area contributed by atoms with Crippen LogP contribution in [0.5, 0.6) is 0 Å². The van der Waals surface area contributed by atoms with Crippen LogP contribution in [0.3, 0.4) is 0 Å². The van der Waals surface area contributed by atoms with Crippen molar-refractivity contribution in [2.75, 3.05) is 23.0 Å². The van der Waals surface area contributed by atoms with Gasteiger partial charge in [0, 0.05) is 44.2 Å². The highest BCUT2D eigenvalue weighted by Crippen LogP contribution is 2.36. The first-order valence-electron chi connectivity index (χ1n) is 19.8. The second kappa shape index (κ2) is 15.9. The summed E-state index contributed by atoms with van der Waals surface area (Å²) < 4.78 is 139. The lowest BCUT2D eigenvalue weighted by Gasteiger charge is -2.11. The van der Waals surface area contributed by atoms with Crippen LogP contribution in [0.1, 0.15) is 25.0 Å². The topological polar surface area (TPSA) is 269 Å². The third kappa shape index (κ3) is 7.78. The third-order valence-electron chi connectivity index (χ3n) is 10.7. The van der Waals surface area contributed by atoms with Gasteiger partial charge in [-0.2, -0.15) is 45.9 Å². The van der Waals surface area contributed by atoms with Gasteiger partial charge < -0.3 is 20.6 Å². The number of sulfone groups is 2. The van der Waals surface area contributed by atoms with E-state index in [1.165, 1.54) is 60.5 Å². The molecule has 0 fully saturated rings. The number of alkyl halides is 6. The number of fused-ring (bicyclic) bond motifs is 2.